The normalized spacial score (nSPS) is 15.2. The van der Waals surface area contributed by atoms with Crippen LogP contribution in [0.4, 0.5) is 18.9 Å². The van der Waals surface area contributed by atoms with Crippen molar-refractivity contribution in [3.8, 4) is 0 Å². The number of hydrogen-bond donors (Lipinski definition) is 3. The highest BCUT2D eigenvalue weighted by Gasteiger charge is 2.25. The molecule has 3 N–H and O–H groups in total. The molecule has 32 heavy (non-hydrogen) atoms. The van der Waals surface area contributed by atoms with Gasteiger partial charge in [0.25, 0.3) is 0 Å². The molecule has 1 aliphatic rings. The molecule has 1 atom stereocenters. The molecule has 3 rings (SSSR count). The van der Waals surface area contributed by atoms with Gasteiger partial charge in [-0.3, -0.25) is 9.69 Å². The van der Waals surface area contributed by atoms with Gasteiger partial charge in [0.2, 0.25) is 5.91 Å². The second-order valence-electron chi connectivity index (χ2n) is 7.12. The molecule has 1 unspecified atom stereocenters. The van der Waals surface area contributed by atoms with Gasteiger partial charge in [-0.15, -0.1) is 24.0 Å². The second kappa shape index (κ2) is 12.7. The molecule has 0 aliphatic carbocycles. The fourth-order valence-electron chi connectivity index (χ4n) is 3.44. The van der Waals surface area contributed by atoms with Crippen molar-refractivity contribution in [2.24, 2.45) is 4.99 Å². The van der Waals surface area contributed by atoms with Crippen molar-refractivity contribution >= 4 is 41.5 Å². The predicted molar refractivity (Wildman–Crippen MR) is 127 cm³/mol. The Morgan fingerprint density at radius 2 is 1.91 bits per heavy atom. The summed E-state index contributed by atoms with van der Waals surface area (Å²) >= 11 is 0. The predicted octanol–water partition coefficient (Wildman–Crippen LogP) is 3.65. The fourth-order valence-corrected chi connectivity index (χ4v) is 3.44. The molecule has 0 saturated carbocycles. The molecule has 7 nitrogen and oxygen atoms in total. The summed E-state index contributed by atoms with van der Waals surface area (Å²) in [7, 11) is 0. The van der Waals surface area contributed by atoms with E-state index in [1.165, 1.54) is 0 Å². The maximum Gasteiger partial charge on any atom is 0.246 e. The molecule has 0 radical (unpaired) electrons. The fraction of sp³-hybridized carbons (Fsp3) is 0.429. The molecule has 1 amide bonds. The number of benzene rings is 1. The van der Waals surface area contributed by atoms with E-state index in [0.717, 1.165) is 43.8 Å². The van der Waals surface area contributed by atoms with Crippen LogP contribution in [-0.2, 0) is 4.79 Å². The zero-order valence-electron chi connectivity index (χ0n) is 17.7. The number of guanidine groups is 1. The summed E-state index contributed by atoms with van der Waals surface area (Å²) in [6.07, 6.45) is 3.90. The number of nitrogens with zero attached hydrogens (tertiary/aromatic N) is 2. The third-order valence-corrected chi connectivity index (χ3v) is 4.95. The first-order chi connectivity index (χ1) is 15.0. The van der Waals surface area contributed by atoms with Crippen LogP contribution in [0.15, 0.2) is 39.9 Å². The Labute approximate surface area is 201 Å². The Morgan fingerprint density at radius 1 is 1.16 bits per heavy atom. The van der Waals surface area contributed by atoms with Gasteiger partial charge in [0.05, 0.1) is 18.0 Å². The highest BCUT2D eigenvalue weighted by atomic mass is 127. The molecule has 0 bridgehead atoms. The van der Waals surface area contributed by atoms with Crippen molar-refractivity contribution in [1.29, 1.82) is 0 Å². The molecule has 0 spiro atoms. The van der Waals surface area contributed by atoms with E-state index < -0.39 is 29.0 Å². The van der Waals surface area contributed by atoms with Gasteiger partial charge in [0.1, 0.15) is 12.3 Å². The summed E-state index contributed by atoms with van der Waals surface area (Å²) in [5, 5.41) is 8.46. The van der Waals surface area contributed by atoms with Crippen LogP contribution in [0.25, 0.3) is 0 Å². The van der Waals surface area contributed by atoms with E-state index >= 15 is 0 Å². The van der Waals surface area contributed by atoms with Gasteiger partial charge in [-0.25, -0.2) is 18.2 Å². The van der Waals surface area contributed by atoms with Crippen molar-refractivity contribution in [1.82, 2.24) is 15.5 Å². The number of nitrogens with one attached hydrogen (secondary N) is 3. The number of amides is 1. The number of carbonyl (C=O) groups excluding carboxylic acids is 1. The van der Waals surface area contributed by atoms with Gasteiger partial charge in [0.15, 0.2) is 23.4 Å². The van der Waals surface area contributed by atoms with Crippen molar-refractivity contribution in [2.75, 3.05) is 38.0 Å². The lowest BCUT2D eigenvalue weighted by Crippen LogP contribution is -2.43. The van der Waals surface area contributed by atoms with Gasteiger partial charge < -0.3 is 20.4 Å². The lowest BCUT2D eigenvalue weighted by Gasteiger charge is -2.26. The van der Waals surface area contributed by atoms with Crippen molar-refractivity contribution in [3.05, 3.63) is 53.7 Å². The van der Waals surface area contributed by atoms with E-state index in [-0.39, 0.29) is 36.6 Å². The van der Waals surface area contributed by atoms with Gasteiger partial charge >= 0.3 is 0 Å². The highest BCUT2D eigenvalue weighted by Crippen LogP contribution is 2.25. The van der Waals surface area contributed by atoms with E-state index in [1.54, 1.807) is 6.26 Å². The Kier molecular flexibility index (Phi) is 10.3. The van der Waals surface area contributed by atoms with E-state index in [4.69, 9.17) is 4.42 Å². The minimum atomic E-state index is -1.64. The summed E-state index contributed by atoms with van der Waals surface area (Å²) in [5.41, 5.74) is -0.441. The number of aliphatic imine (C=N–C) groups is 1. The first-order valence-corrected chi connectivity index (χ1v) is 10.2. The van der Waals surface area contributed by atoms with Gasteiger partial charge in [-0.2, -0.15) is 0 Å². The Balaban J connectivity index is 0.00000363. The zero-order valence-corrected chi connectivity index (χ0v) is 20.0. The largest absolute Gasteiger partial charge is 0.468 e. The molecular weight excluding hydrogens is 538 g/mol. The molecule has 11 heteroatoms. The lowest BCUT2D eigenvalue weighted by atomic mass is 10.2. The van der Waals surface area contributed by atoms with Gasteiger partial charge in [-0.05, 0) is 57.1 Å². The molecule has 1 aliphatic heterocycles. The topological polar surface area (TPSA) is 81.9 Å². The standard InChI is InChI=1S/C21H26F3N5O2.HI/c1-2-25-21(26-12-16(17-6-5-11-31-17)29-9-3-4-10-29)27-13-18(30)28-15-8-7-14(22)19(23)20(15)24;/h5-8,11,16H,2-4,9-10,12-13H2,1H3,(H,28,30)(H2,25,26,27);1H. The Bertz CT molecular complexity index is 905. The summed E-state index contributed by atoms with van der Waals surface area (Å²) in [5.74, 6) is -3.83. The summed E-state index contributed by atoms with van der Waals surface area (Å²) in [6, 6.07) is 5.50. The molecule has 1 saturated heterocycles. The molecule has 1 aromatic heterocycles. The minimum absolute atomic E-state index is 0. The SMILES string of the molecule is CCNC(=NCC(=O)Nc1ccc(F)c(F)c1F)NCC(c1ccco1)N1CCCC1.I. The third-order valence-electron chi connectivity index (χ3n) is 4.95. The van der Waals surface area contributed by atoms with Crippen LogP contribution in [0, 0.1) is 17.5 Å². The van der Waals surface area contributed by atoms with Crippen molar-refractivity contribution < 1.29 is 22.4 Å². The summed E-state index contributed by atoms with van der Waals surface area (Å²) in [4.78, 5) is 18.7. The minimum Gasteiger partial charge on any atom is -0.468 e. The Hall–Kier alpha value is -2.28. The number of carbonyl (C=O) groups is 1. The number of likely N-dealkylation sites (tertiary alicyclic amines) is 1. The van der Waals surface area contributed by atoms with Crippen LogP contribution in [0.5, 0.6) is 0 Å². The molecule has 176 valence electrons. The molecule has 1 aromatic carbocycles. The quantitative estimate of drug-likeness (QED) is 0.197. The first-order valence-electron chi connectivity index (χ1n) is 10.2. The molecule has 1 fully saturated rings. The van der Waals surface area contributed by atoms with E-state index in [1.807, 2.05) is 19.1 Å². The summed E-state index contributed by atoms with van der Waals surface area (Å²) in [6.45, 7) is 4.59. The third kappa shape index (κ3) is 6.86. The first kappa shape index (κ1) is 26.0. The molecular formula is C21H27F3IN5O2. The zero-order chi connectivity index (χ0) is 22.2. The average Bonchev–Trinajstić information content (AvgIpc) is 3.47. The summed E-state index contributed by atoms with van der Waals surface area (Å²) < 4.78 is 45.7. The van der Waals surface area contributed by atoms with E-state index in [2.05, 4.69) is 25.8 Å². The smallest absolute Gasteiger partial charge is 0.246 e. The highest BCUT2D eigenvalue weighted by molar-refractivity contribution is 14.0. The monoisotopic (exact) mass is 565 g/mol. The number of furan rings is 1. The van der Waals surface area contributed by atoms with Gasteiger partial charge in [0, 0.05) is 13.1 Å². The molecule has 2 heterocycles. The van der Waals surface area contributed by atoms with Crippen LogP contribution in [-0.4, -0.2) is 49.5 Å². The van der Waals surface area contributed by atoms with Crippen LogP contribution >= 0.6 is 24.0 Å². The van der Waals surface area contributed by atoms with Crippen LogP contribution in [0.1, 0.15) is 31.6 Å². The van der Waals surface area contributed by atoms with E-state index in [9.17, 15) is 18.0 Å². The van der Waals surface area contributed by atoms with Crippen LogP contribution < -0.4 is 16.0 Å². The van der Waals surface area contributed by atoms with Crippen LogP contribution in [0.2, 0.25) is 0 Å². The number of hydrogen-bond acceptors (Lipinski definition) is 4. The average molecular weight is 565 g/mol. The van der Waals surface area contributed by atoms with Crippen molar-refractivity contribution in [2.45, 2.75) is 25.8 Å². The number of anilines is 1. The van der Waals surface area contributed by atoms with Crippen LogP contribution in [0.3, 0.4) is 0 Å². The number of halogens is 4. The maximum atomic E-state index is 13.7. The van der Waals surface area contributed by atoms with Crippen molar-refractivity contribution in [3.63, 3.8) is 0 Å². The second-order valence-corrected chi connectivity index (χ2v) is 7.12. The number of rotatable bonds is 8. The Morgan fingerprint density at radius 3 is 2.56 bits per heavy atom. The van der Waals surface area contributed by atoms with E-state index in [0.29, 0.717) is 19.0 Å². The maximum absolute atomic E-state index is 13.7. The molecule has 2 aromatic rings. The van der Waals surface area contributed by atoms with Gasteiger partial charge in [-0.1, -0.05) is 0 Å². The lowest BCUT2D eigenvalue weighted by molar-refractivity contribution is -0.114.